The highest BCUT2D eigenvalue weighted by atomic mass is 32.2. The van der Waals surface area contributed by atoms with Crippen molar-refractivity contribution in [3.8, 4) is 17.1 Å². The van der Waals surface area contributed by atoms with E-state index in [4.69, 9.17) is 4.74 Å². The van der Waals surface area contributed by atoms with Crippen LogP contribution in [0.1, 0.15) is 25.1 Å². The second-order valence-electron chi connectivity index (χ2n) is 6.14. The summed E-state index contributed by atoms with van der Waals surface area (Å²) in [5.74, 6) is 1.23. The van der Waals surface area contributed by atoms with Crippen molar-refractivity contribution in [3.63, 3.8) is 0 Å². The monoisotopic (exact) mass is 395 g/mol. The zero-order valence-corrected chi connectivity index (χ0v) is 15.8. The standard InChI is InChI=1S/C19H17N5O3S/c1-2-10-28-19-21-18-16(22-23-19)14-8-3-4-9-15(14)20-17(27-18)12-6-5-7-13(11-12)24(25)26/h3-9,11,17,20H,2,10H2,1H3/t17-/m0/s1. The van der Waals surface area contributed by atoms with Crippen LogP contribution in [0.3, 0.4) is 0 Å². The predicted molar refractivity (Wildman–Crippen MR) is 106 cm³/mol. The zero-order valence-electron chi connectivity index (χ0n) is 15.0. The van der Waals surface area contributed by atoms with Gasteiger partial charge in [0.25, 0.3) is 5.69 Å². The summed E-state index contributed by atoms with van der Waals surface area (Å²) in [5, 5.41) is 23.5. The quantitative estimate of drug-likeness (QED) is 0.384. The van der Waals surface area contributed by atoms with Crippen LogP contribution in [0.4, 0.5) is 11.4 Å². The number of para-hydroxylation sites is 1. The van der Waals surface area contributed by atoms with E-state index in [0.717, 1.165) is 23.4 Å². The van der Waals surface area contributed by atoms with Crippen molar-refractivity contribution in [3.05, 3.63) is 64.2 Å². The minimum absolute atomic E-state index is 0.000610. The first kappa shape index (κ1) is 18.2. The molecule has 1 aromatic heterocycles. The largest absolute Gasteiger partial charge is 0.448 e. The van der Waals surface area contributed by atoms with Crippen LogP contribution in [-0.4, -0.2) is 25.9 Å². The van der Waals surface area contributed by atoms with Crippen molar-refractivity contribution >= 4 is 23.1 Å². The molecule has 1 aliphatic heterocycles. The smallest absolute Gasteiger partial charge is 0.269 e. The van der Waals surface area contributed by atoms with E-state index >= 15 is 0 Å². The van der Waals surface area contributed by atoms with Gasteiger partial charge >= 0.3 is 0 Å². The molecule has 0 bridgehead atoms. The van der Waals surface area contributed by atoms with Gasteiger partial charge in [-0.05, 0) is 12.5 Å². The molecule has 2 heterocycles. The average molecular weight is 395 g/mol. The Kier molecular flexibility index (Phi) is 5.07. The Hall–Kier alpha value is -3.20. The zero-order chi connectivity index (χ0) is 19.5. The summed E-state index contributed by atoms with van der Waals surface area (Å²) in [5.41, 5.74) is 2.77. The molecule has 0 aliphatic carbocycles. The molecule has 1 N–H and O–H groups in total. The number of nitro groups is 1. The van der Waals surface area contributed by atoms with E-state index in [1.54, 1.807) is 12.1 Å². The first-order chi connectivity index (χ1) is 13.7. The van der Waals surface area contributed by atoms with Crippen LogP contribution in [-0.2, 0) is 0 Å². The van der Waals surface area contributed by atoms with Gasteiger partial charge in [-0.3, -0.25) is 10.1 Å². The molecule has 142 valence electrons. The Morgan fingerprint density at radius 3 is 2.89 bits per heavy atom. The molecule has 0 unspecified atom stereocenters. The molecule has 0 amide bonds. The van der Waals surface area contributed by atoms with E-state index in [1.165, 1.54) is 23.9 Å². The third kappa shape index (κ3) is 3.61. The first-order valence-electron chi connectivity index (χ1n) is 8.80. The lowest BCUT2D eigenvalue weighted by Gasteiger charge is -2.19. The van der Waals surface area contributed by atoms with Gasteiger partial charge < -0.3 is 10.1 Å². The van der Waals surface area contributed by atoms with Gasteiger partial charge in [0.2, 0.25) is 11.0 Å². The highest BCUT2D eigenvalue weighted by Gasteiger charge is 2.26. The Morgan fingerprint density at radius 2 is 2.07 bits per heavy atom. The van der Waals surface area contributed by atoms with Crippen molar-refractivity contribution < 1.29 is 9.66 Å². The topological polar surface area (TPSA) is 103 Å². The number of nitrogens with one attached hydrogen (secondary N) is 1. The normalized spacial score (nSPS) is 14.8. The van der Waals surface area contributed by atoms with E-state index in [9.17, 15) is 10.1 Å². The molecule has 0 saturated carbocycles. The van der Waals surface area contributed by atoms with E-state index in [1.807, 2.05) is 24.3 Å². The number of ether oxygens (including phenoxy) is 1. The summed E-state index contributed by atoms with van der Waals surface area (Å²) in [7, 11) is 0. The third-order valence-corrected chi connectivity index (χ3v) is 5.20. The Bertz CT molecular complexity index is 1030. The summed E-state index contributed by atoms with van der Waals surface area (Å²) >= 11 is 1.51. The van der Waals surface area contributed by atoms with Gasteiger partial charge in [0.15, 0.2) is 11.9 Å². The number of nitro benzene ring substituents is 1. The SMILES string of the molecule is CCCSc1nnc2c(n1)O[C@@H](c1cccc([N+](=O)[O-])c1)Nc1ccccc1-2. The number of aromatic nitrogens is 3. The van der Waals surface area contributed by atoms with Crippen LogP contribution in [0.15, 0.2) is 53.7 Å². The van der Waals surface area contributed by atoms with Gasteiger partial charge in [-0.1, -0.05) is 49.0 Å². The predicted octanol–water partition coefficient (Wildman–Crippen LogP) is 4.45. The molecular weight excluding hydrogens is 378 g/mol. The minimum Gasteiger partial charge on any atom is -0.448 e. The average Bonchev–Trinajstić information content (AvgIpc) is 2.88. The van der Waals surface area contributed by atoms with Crippen molar-refractivity contribution in [1.29, 1.82) is 0 Å². The maximum Gasteiger partial charge on any atom is 0.269 e. The maximum atomic E-state index is 11.2. The van der Waals surface area contributed by atoms with Gasteiger partial charge in [-0.2, -0.15) is 4.98 Å². The van der Waals surface area contributed by atoms with E-state index in [0.29, 0.717) is 22.3 Å². The highest BCUT2D eigenvalue weighted by Crippen LogP contribution is 2.39. The van der Waals surface area contributed by atoms with Gasteiger partial charge in [0, 0.05) is 34.7 Å². The molecular formula is C19H17N5O3S. The van der Waals surface area contributed by atoms with Crippen molar-refractivity contribution in [2.75, 3.05) is 11.1 Å². The molecule has 1 aliphatic rings. The van der Waals surface area contributed by atoms with E-state index in [2.05, 4.69) is 27.4 Å². The summed E-state index contributed by atoms with van der Waals surface area (Å²) in [6, 6.07) is 14.0. The molecule has 0 spiro atoms. The molecule has 2 aromatic carbocycles. The number of fused-ring (bicyclic) bond motifs is 3. The number of rotatable bonds is 5. The number of hydrogen-bond acceptors (Lipinski definition) is 8. The van der Waals surface area contributed by atoms with Crippen LogP contribution in [0.2, 0.25) is 0 Å². The molecule has 8 nitrogen and oxygen atoms in total. The lowest BCUT2D eigenvalue weighted by atomic mass is 10.1. The first-order valence-corrected chi connectivity index (χ1v) is 9.78. The van der Waals surface area contributed by atoms with Crippen LogP contribution in [0.25, 0.3) is 11.3 Å². The van der Waals surface area contributed by atoms with Crippen LogP contribution < -0.4 is 10.1 Å². The van der Waals surface area contributed by atoms with Crippen molar-refractivity contribution in [1.82, 2.24) is 15.2 Å². The second kappa shape index (κ2) is 7.81. The van der Waals surface area contributed by atoms with Gasteiger partial charge in [0.1, 0.15) is 0 Å². The van der Waals surface area contributed by atoms with Crippen LogP contribution >= 0.6 is 11.8 Å². The summed E-state index contributed by atoms with van der Waals surface area (Å²) in [4.78, 5) is 15.3. The van der Waals surface area contributed by atoms with Crippen LogP contribution in [0.5, 0.6) is 5.88 Å². The fourth-order valence-electron chi connectivity index (χ4n) is 2.85. The Labute approximate surface area is 165 Å². The fourth-order valence-corrected chi connectivity index (χ4v) is 3.49. The number of nitrogens with zero attached hydrogens (tertiary/aromatic N) is 4. The summed E-state index contributed by atoms with van der Waals surface area (Å²) < 4.78 is 6.12. The summed E-state index contributed by atoms with van der Waals surface area (Å²) in [6.45, 7) is 2.08. The molecule has 3 aromatic rings. The van der Waals surface area contributed by atoms with E-state index < -0.39 is 11.2 Å². The lowest BCUT2D eigenvalue weighted by molar-refractivity contribution is -0.385. The van der Waals surface area contributed by atoms with E-state index in [-0.39, 0.29) is 5.69 Å². The van der Waals surface area contributed by atoms with Gasteiger partial charge in [-0.25, -0.2) is 0 Å². The summed E-state index contributed by atoms with van der Waals surface area (Å²) in [6.07, 6.45) is 0.343. The molecule has 1 atom stereocenters. The number of anilines is 1. The molecule has 28 heavy (non-hydrogen) atoms. The number of thioether (sulfide) groups is 1. The van der Waals surface area contributed by atoms with Crippen molar-refractivity contribution in [2.45, 2.75) is 24.7 Å². The number of non-ortho nitro benzene ring substituents is 1. The van der Waals surface area contributed by atoms with Crippen molar-refractivity contribution in [2.24, 2.45) is 0 Å². The molecule has 0 saturated heterocycles. The van der Waals surface area contributed by atoms with Crippen LogP contribution in [0, 0.1) is 10.1 Å². The molecule has 0 fully saturated rings. The molecule has 9 heteroatoms. The fraction of sp³-hybridized carbons (Fsp3) is 0.211. The Morgan fingerprint density at radius 1 is 1.21 bits per heavy atom. The Balaban J connectivity index is 1.78. The number of hydrogen-bond donors (Lipinski definition) is 1. The second-order valence-corrected chi connectivity index (χ2v) is 7.20. The maximum absolute atomic E-state index is 11.2. The minimum atomic E-state index is -0.650. The molecule has 0 radical (unpaired) electrons. The lowest BCUT2D eigenvalue weighted by Crippen LogP contribution is -2.17. The number of benzene rings is 2. The van der Waals surface area contributed by atoms with Gasteiger partial charge in [0.05, 0.1) is 4.92 Å². The molecule has 4 rings (SSSR count). The highest BCUT2D eigenvalue weighted by molar-refractivity contribution is 7.99. The van der Waals surface area contributed by atoms with Gasteiger partial charge in [-0.15, -0.1) is 10.2 Å². The third-order valence-electron chi connectivity index (χ3n) is 4.15.